The highest BCUT2D eigenvalue weighted by Crippen LogP contribution is 2.42. The Bertz CT molecular complexity index is 1060. The number of nitrogens with zero attached hydrogens (tertiary/aromatic N) is 1. The van der Waals surface area contributed by atoms with Crippen molar-refractivity contribution in [3.8, 4) is 11.1 Å². The number of benzene rings is 2. The van der Waals surface area contributed by atoms with Crippen LogP contribution in [-0.4, -0.2) is 10.1 Å². The molecule has 2 nitrogen and oxygen atoms in total. The average molecular weight is 381 g/mol. The van der Waals surface area contributed by atoms with Gasteiger partial charge in [0.1, 0.15) is 16.5 Å². The summed E-state index contributed by atoms with van der Waals surface area (Å²) in [5.41, 5.74) is 2.72. The third kappa shape index (κ3) is 3.75. The number of thiophene rings is 1. The molecule has 2 heterocycles. The molecule has 0 fully saturated rings. The van der Waals surface area contributed by atoms with Crippen LogP contribution >= 0.6 is 11.3 Å². The number of aliphatic hydroxyl groups excluding tert-OH is 1. The first kappa shape index (κ1) is 17.8. The second kappa shape index (κ2) is 7.55. The van der Waals surface area contributed by atoms with Crippen LogP contribution in [0, 0.1) is 11.6 Å². The van der Waals surface area contributed by atoms with E-state index in [4.69, 9.17) is 0 Å². The van der Waals surface area contributed by atoms with Crippen molar-refractivity contribution < 1.29 is 13.9 Å². The lowest BCUT2D eigenvalue weighted by Crippen LogP contribution is -1.99. The van der Waals surface area contributed by atoms with Crippen molar-refractivity contribution in [1.82, 2.24) is 4.98 Å². The number of hydrogen-bond acceptors (Lipinski definition) is 3. The van der Waals surface area contributed by atoms with E-state index in [1.54, 1.807) is 30.5 Å². The minimum atomic E-state index is -0.686. The van der Waals surface area contributed by atoms with Gasteiger partial charge in [-0.25, -0.2) is 13.8 Å². The number of aromatic nitrogens is 1. The van der Waals surface area contributed by atoms with Gasteiger partial charge in [0.15, 0.2) is 0 Å². The summed E-state index contributed by atoms with van der Waals surface area (Å²) < 4.78 is 26.4. The van der Waals surface area contributed by atoms with Crippen LogP contribution in [0.1, 0.15) is 23.0 Å². The summed E-state index contributed by atoms with van der Waals surface area (Å²) in [6.07, 6.45) is 2.18. The van der Waals surface area contributed by atoms with Crippen molar-refractivity contribution in [2.75, 3.05) is 0 Å². The maximum absolute atomic E-state index is 13.4. The molecule has 27 heavy (non-hydrogen) atoms. The summed E-state index contributed by atoms with van der Waals surface area (Å²) in [7, 11) is 0. The van der Waals surface area contributed by atoms with Crippen LogP contribution < -0.4 is 0 Å². The maximum Gasteiger partial charge on any atom is 0.124 e. The lowest BCUT2D eigenvalue weighted by atomic mass is 9.98. The summed E-state index contributed by atoms with van der Waals surface area (Å²) in [5.74, 6) is -0.566. The highest BCUT2D eigenvalue weighted by molar-refractivity contribution is 7.19. The van der Waals surface area contributed by atoms with E-state index in [0.29, 0.717) is 12.8 Å². The zero-order chi connectivity index (χ0) is 18.8. The topological polar surface area (TPSA) is 33.1 Å². The van der Waals surface area contributed by atoms with Crippen molar-refractivity contribution in [1.29, 1.82) is 0 Å². The third-order valence-corrected chi connectivity index (χ3v) is 5.76. The van der Waals surface area contributed by atoms with E-state index in [9.17, 15) is 13.9 Å². The lowest BCUT2D eigenvalue weighted by molar-refractivity contribution is 0.172. The number of fused-ring (bicyclic) bond motifs is 1. The Kier molecular flexibility index (Phi) is 4.97. The number of aryl methyl sites for hydroxylation is 1. The van der Waals surface area contributed by atoms with Gasteiger partial charge in [0.05, 0.1) is 6.10 Å². The molecule has 4 rings (SSSR count). The maximum atomic E-state index is 13.4. The van der Waals surface area contributed by atoms with Crippen LogP contribution in [0.5, 0.6) is 0 Å². The molecule has 136 valence electrons. The van der Waals surface area contributed by atoms with E-state index in [1.165, 1.54) is 35.6 Å². The van der Waals surface area contributed by atoms with Gasteiger partial charge < -0.3 is 5.11 Å². The standard InChI is InChI=1S/C22H17F2NOS/c23-16-8-3-14(4-9-16)5-12-19(26)21-20(15-6-10-17(24)11-7-15)18-2-1-13-25-22(18)27-21/h1-4,6-11,13,19,26H,5,12H2. The summed E-state index contributed by atoms with van der Waals surface area (Å²) in [4.78, 5) is 6.07. The fraction of sp³-hybridized carbons (Fsp3) is 0.136. The number of halogens is 2. The van der Waals surface area contributed by atoms with Crippen LogP contribution in [0.2, 0.25) is 0 Å². The van der Waals surface area contributed by atoms with Gasteiger partial charge >= 0.3 is 0 Å². The Morgan fingerprint density at radius 3 is 2.30 bits per heavy atom. The Morgan fingerprint density at radius 2 is 1.59 bits per heavy atom. The zero-order valence-corrected chi connectivity index (χ0v) is 15.2. The first-order chi connectivity index (χ1) is 13.1. The Hall–Kier alpha value is -2.63. The first-order valence-electron chi connectivity index (χ1n) is 8.67. The molecule has 5 heteroatoms. The Balaban J connectivity index is 1.68. The fourth-order valence-electron chi connectivity index (χ4n) is 3.18. The molecule has 0 bridgehead atoms. The molecule has 1 N–H and O–H groups in total. The normalized spacial score (nSPS) is 12.4. The highest BCUT2D eigenvalue weighted by atomic mass is 32.1. The third-order valence-electron chi connectivity index (χ3n) is 4.55. The molecule has 1 atom stereocenters. The zero-order valence-electron chi connectivity index (χ0n) is 14.4. The fourth-order valence-corrected chi connectivity index (χ4v) is 4.37. The van der Waals surface area contributed by atoms with Gasteiger partial charge in [-0.15, -0.1) is 11.3 Å². The molecule has 0 aliphatic rings. The number of aliphatic hydroxyl groups is 1. The predicted molar refractivity (Wildman–Crippen MR) is 105 cm³/mol. The Labute approximate surface area is 159 Å². The van der Waals surface area contributed by atoms with Gasteiger partial charge in [-0.05, 0) is 60.4 Å². The van der Waals surface area contributed by atoms with Gasteiger partial charge in [0.2, 0.25) is 0 Å². The van der Waals surface area contributed by atoms with Crippen molar-refractivity contribution in [2.24, 2.45) is 0 Å². The number of rotatable bonds is 5. The second-order valence-electron chi connectivity index (χ2n) is 6.39. The molecular formula is C22H17F2NOS. The molecule has 0 spiro atoms. The van der Waals surface area contributed by atoms with Crippen molar-refractivity contribution in [3.63, 3.8) is 0 Å². The molecule has 2 aromatic heterocycles. The van der Waals surface area contributed by atoms with Crippen LogP contribution in [0.25, 0.3) is 21.3 Å². The smallest absolute Gasteiger partial charge is 0.124 e. The van der Waals surface area contributed by atoms with E-state index < -0.39 is 6.10 Å². The SMILES string of the molecule is OC(CCc1ccc(F)cc1)c1sc2ncccc2c1-c1ccc(F)cc1. The van der Waals surface area contributed by atoms with Gasteiger partial charge in [0.25, 0.3) is 0 Å². The van der Waals surface area contributed by atoms with Crippen LogP contribution in [0.15, 0.2) is 66.9 Å². The summed E-state index contributed by atoms with van der Waals surface area (Å²) in [6, 6.07) is 16.4. The molecule has 1 unspecified atom stereocenters. The minimum absolute atomic E-state index is 0.270. The van der Waals surface area contributed by atoms with Crippen molar-refractivity contribution >= 4 is 21.6 Å². The summed E-state index contributed by atoms with van der Waals surface area (Å²) in [6.45, 7) is 0. The molecule has 0 aliphatic heterocycles. The summed E-state index contributed by atoms with van der Waals surface area (Å²) >= 11 is 1.45. The van der Waals surface area contributed by atoms with Gasteiger partial charge in [-0.1, -0.05) is 24.3 Å². The molecule has 0 saturated heterocycles. The minimum Gasteiger partial charge on any atom is -0.388 e. The predicted octanol–water partition coefficient (Wildman–Crippen LogP) is 5.91. The molecular weight excluding hydrogens is 364 g/mol. The van der Waals surface area contributed by atoms with E-state index in [2.05, 4.69) is 4.98 Å². The van der Waals surface area contributed by atoms with Gasteiger partial charge in [-0.3, -0.25) is 0 Å². The largest absolute Gasteiger partial charge is 0.388 e. The first-order valence-corrected chi connectivity index (χ1v) is 9.49. The summed E-state index contributed by atoms with van der Waals surface area (Å²) in [5, 5.41) is 11.8. The van der Waals surface area contributed by atoms with Crippen molar-refractivity contribution in [3.05, 3.63) is 88.9 Å². The average Bonchev–Trinajstić information content (AvgIpc) is 3.08. The second-order valence-corrected chi connectivity index (χ2v) is 7.42. The molecule has 2 aromatic carbocycles. The molecule has 0 saturated carbocycles. The van der Waals surface area contributed by atoms with E-state index >= 15 is 0 Å². The molecule has 0 radical (unpaired) electrons. The number of pyridine rings is 1. The van der Waals surface area contributed by atoms with Gasteiger partial charge in [0, 0.05) is 22.0 Å². The van der Waals surface area contributed by atoms with Crippen LogP contribution in [0.4, 0.5) is 8.78 Å². The van der Waals surface area contributed by atoms with Crippen LogP contribution in [-0.2, 0) is 6.42 Å². The van der Waals surface area contributed by atoms with Crippen LogP contribution in [0.3, 0.4) is 0 Å². The molecule has 0 aliphatic carbocycles. The quantitative estimate of drug-likeness (QED) is 0.466. The Morgan fingerprint density at radius 1 is 0.926 bits per heavy atom. The molecule has 0 amide bonds. The highest BCUT2D eigenvalue weighted by Gasteiger charge is 2.20. The monoisotopic (exact) mass is 381 g/mol. The number of hydrogen-bond donors (Lipinski definition) is 1. The molecule has 4 aromatic rings. The van der Waals surface area contributed by atoms with E-state index in [-0.39, 0.29) is 11.6 Å². The van der Waals surface area contributed by atoms with Crippen molar-refractivity contribution in [2.45, 2.75) is 18.9 Å². The van der Waals surface area contributed by atoms with Gasteiger partial charge in [-0.2, -0.15) is 0 Å². The van der Waals surface area contributed by atoms with E-state index in [0.717, 1.165) is 31.8 Å². The lowest BCUT2D eigenvalue weighted by Gasteiger charge is -2.12. The van der Waals surface area contributed by atoms with E-state index in [1.807, 2.05) is 12.1 Å².